The van der Waals surface area contributed by atoms with E-state index in [-0.39, 0.29) is 0 Å². The third-order valence-electron chi connectivity index (χ3n) is 16.7. The molecular weight excluding hydrogens is 979 g/mol. The third-order valence-corrected chi connectivity index (χ3v) is 16.7. The molecule has 13 aromatic carbocycles. The predicted molar refractivity (Wildman–Crippen MR) is 342 cm³/mol. The van der Waals surface area contributed by atoms with Crippen LogP contribution in [-0.2, 0) is 0 Å². The largest absolute Gasteiger partial charge is 0.309 e. The standard InChI is InChI=1S/C78H51N3/c1-10-28-70(79-73-31-13-4-22-64(73)65-23-5-14-32-74(65)79)61(19-1)55-43-37-52(38-44-55)58-49-59(53-39-45-56(46-40-53)62-20-2-11-29-71(62)80-75-33-15-6-24-66(75)67-25-7-16-34-76(67)80)51-60(50-58)54-41-47-57(48-42-54)63-21-3-12-30-72(63)81-77-35-17-8-26-68(77)69-27-9-18-36-78(69)81/h1-51H. The summed E-state index contributed by atoms with van der Waals surface area (Å²) in [6.07, 6.45) is 0. The summed E-state index contributed by atoms with van der Waals surface area (Å²) in [5.74, 6) is 0. The zero-order valence-electron chi connectivity index (χ0n) is 44.3. The van der Waals surface area contributed by atoms with Crippen molar-refractivity contribution in [3.05, 3.63) is 309 Å². The van der Waals surface area contributed by atoms with E-state index in [2.05, 4.69) is 323 Å². The maximum absolute atomic E-state index is 2.42. The number of aromatic nitrogens is 3. The molecule has 378 valence electrons. The van der Waals surface area contributed by atoms with Crippen LogP contribution in [0.3, 0.4) is 0 Å². The zero-order chi connectivity index (χ0) is 53.4. The van der Waals surface area contributed by atoms with Crippen LogP contribution in [0.1, 0.15) is 0 Å². The van der Waals surface area contributed by atoms with Gasteiger partial charge < -0.3 is 13.7 Å². The Hall–Kier alpha value is -10.7. The fraction of sp³-hybridized carbons (Fsp3) is 0. The first-order valence-electron chi connectivity index (χ1n) is 27.9. The fourth-order valence-corrected chi connectivity index (χ4v) is 12.9. The minimum Gasteiger partial charge on any atom is -0.309 e. The van der Waals surface area contributed by atoms with E-state index in [0.29, 0.717) is 0 Å². The van der Waals surface area contributed by atoms with Crippen molar-refractivity contribution in [3.8, 4) is 83.8 Å². The van der Waals surface area contributed by atoms with E-state index < -0.39 is 0 Å². The molecule has 0 radical (unpaired) electrons. The Morgan fingerprint density at radius 2 is 0.333 bits per heavy atom. The Labute approximate surface area is 469 Å². The van der Waals surface area contributed by atoms with Crippen LogP contribution < -0.4 is 0 Å². The summed E-state index contributed by atoms with van der Waals surface area (Å²) in [5.41, 5.74) is 24.7. The second-order valence-corrected chi connectivity index (χ2v) is 21.2. The molecule has 81 heavy (non-hydrogen) atoms. The smallest absolute Gasteiger partial charge is 0.0541 e. The molecule has 3 aromatic heterocycles. The van der Waals surface area contributed by atoms with Gasteiger partial charge in [0.15, 0.2) is 0 Å². The van der Waals surface area contributed by atoms with Gasteiger partial charge in [0.05, 0.1) is 50.2 Å². The molecule has 3 nitrogen and oxygen atoms in total. The molecule has 3 heteroatoms. The van der Waals surface area contributed by atoms with E-state index in [9.17, 15) is 0 Å². The molecule has 0 aliphatic carbocycles. The molecule has 0 aliphatic rings. The Balaban J connectivity index is 0.801. The van der Waals surface area contributed by atoms with Crippen LogP contribution in [0.25, 0.3) is 149 Å². The van der Waals surface area contributed by atoms with Crippen molar-refractivity contribution in [1.82, 2.24) is 13.7 Å². The number of nitrogens with zero attached hydrogens (tertiary/aromatic N) is 3. The van der Waals surface area contributed by atoms with E-state index >= 15 is 0 Å². The van der Waals surface area contributed by atoms with Gasteiger partial charge >= 0.3 is 0 Å². The molecule has 0 spiro atoms. The van der Waals surface area contributed by atoms with Gasteiger partial charge in [-0.2, -0.15) is 0 Å². The second-order valence-electron chi connectivity index (χ2n) is 21.2. The maximum Gasteiger partial charge on any atom is 0.0541 e. The first-order chi connectivity index (χ1) is 40.2. The van der Waals surface area contributed by atoms with Gasteiger partial charge in [0.1, 0.15) is 0 Å². The lowest BCUT2D eigenvalue weighted by molar-refractivity contribution is 1.18. The Morgan fingerprint density at radius 1 is 0.148 bits per heavy atom. The quantitative estimate of drug-likeness (QED) is 0.137. The van der Waals surface area contributed by atoms with E-state index in [4.69, 9.17) is 0 Å². The first kappa shape index (κ1) is 46.4. The molecule has 0 amide bonds. The normalized spacial score (nSPS) is 11.7. The average molecular weight is 1030 g/mol. The second kappa shape index (κ2) is 19.0. The minimum absolute atomic E-state index is 1.16. The molecule has 0 atom stereocenters. The van der Waals surface area contributed by atoms with E-state index in [0.717, 1.165) is 50.4 Å². The van der Waals surface area contributed by atoms with Gasteiger partial charge in [-0.05, 0) is 123 Å². The summed E-state index contributed by atoms with van der Waals surface area (Å²) < 4.78 is 7.27. The van der Waals surface area contributed by atoms with Gasteiger partial charge in [0, 0.05) is 49.0 Å². The van der Waals surface area contributed by atoms with Crippen LogP contribution in [0, 0.1) is 0 Å². The molecule has 0 N–H and O–H groups in total. The molecule has 16 aromatic rings. The predicted octanol–water partition coefficient (Wildman–Crippen LogP) is 21.0. The topological polar surface area (TPSA) is 14.8 Å². The van der Waals surface area contributed by atoms with Crippen molar-refractivity contribution >= 4 is 65.4 Å². The fourth-order valence-electron chi connectivity index (χ4n) is 12.9. The summed E-state index contributed by atoms with van der Waals surface area (Å²) in [6.45, 7) is 0. The molecule has 0 saturated heterocycles. The van der Waals surface area contributed by atoms with Crippen molar-refractivity contribution in [2.24, 2.45) is 0 Å². The molecule has 0 saturated carbocycles. The van der Waals surface area contributed by atoms with E-state index in [1.807, 2.05) is 0 Å². The molecule has 0 fully saturated rings. The van der Waals surface area contributed by atoms with Gasteiger partial charge in [0.2, 0.25) is 0 Å². The number of para-hydroxylation sites is 9. The van der Waals surface area contributed by atoms with Crippen molar-refractivity contribution in [1.29, 1.82) is 0 Å². The minimum atomic E-state index is 1.16. The van der Waals surface area contributed by atoms with Gasteiger partial charge in [-0.3, -0.25) is 0 Å². The molecule has 3 heterocycles. The third kappa shape index (κ3) is 7.66. The first-order valence-corrected chi connectivity index (χ1v) is 27.9. The number of benzene rings is 13. The maximum atomic E-state index is 2.42. The van der Waals surface area contributed by atoms with Crippen LogP contribution >= 0.6 is 0 Å². The highest BCUT2D eigenvalue weighted by atomic mass is 15.0. The summed E-state index contributed by atoms with van der Waals surface area (Å²) in [5, 5.41) is 7.54. The molecule has 0 unspecified atom stereocenters. The Morgan fingerprint density at radius 3 is 0.568 bits per heavy atom. The van der Waals surface area contributed by atoms with Crippen molar-refractivity contribution < 1.29 is 0 Å². The van der Waals surface area contributed by atoms with Gasteiger partial charge in [-0.15, -0.1) is 0 Å². The lowest BCUT2D eigenvalue weighted by Gasteiger charge is -2.16. The summed E-state index contributed by atoms with van der Waals surface area (Å²) in [7, 11) is 0. The van der Waals surface area contributed by atoms with Gasteiger partial charge in [0.25, 0.3) is 0 Å². The summed E-state index contributed by atoms with van der Waals surface area (Å²) in [6, 6.07) is 113. The molecule has 0 aliphatic heterocycles. The van der Waals surface area contributed by atoms with Gasteiger partial charge in [-0.25, -0.2) is 0 Å². The number of hydrogen-bond donors (Lipinski definition) is 0. The highest BCUT2D eigenvalue weighted by molar-refractivity contribution is 6.12. The Bertz CT molecular complexity index is 4400. The highest BCUT2D eigenvalue weighted by Gasteiger charge is 2.19. The zero-order valence-corrected chi connectivity index (χ0v) is 44.3. The number of rotatable bonds is 9. The van der Waals surface area contributed by atoms with Crippen LogP contribution in [0.4, 0.5) is 0 Å². The molecule has 16 rings (SSSR count). The van der Waals surface area contributed by atoms with Crippen LogP contribution in [-0.4, -0.2) is 13.7 Å². The van der Waals surface area contributed by atoms with Gasteiger partial charge in [-0.1, -0.05) is 237 Å². The lowest BCUT2D eigenvalue weighted by atomic mass is 9.91. The monoisotopic (exact) mass is 1030 g/mol. The average Bonchev–Trinajstić information content (AvgIpc) is 4.33. The van der Waals surface area contributed by atoms with Crippen LogP contribution in [0.2, 0.25) is 0 Å². The van der Waals surface area contributed by atoms with Crippen molar-refractivity contribution in [2.75, 3.05) is 0 Å². The number of hydrogen-bond acceptors (Lipinski definition) is 0. The highest BCUT2D eigenvalue weighted by Crippen LogP contribution is 2.42. The lowest BCUT2D eigenvalue weighted by Crippen LogP contribution is -1.97. The summed E-state index contributed by atoms with van der Waals surface area (Å²) in [4.78, 5) is 0. The number of fused-ring (bicyclic) bond motifs is 9. The van der Waals surface area contributed by atoms with Crippen molar-refractivity contribution in [2.45, 2.75) is 0 Å². The van der Waals surface area contributed by atoms with E-state index in [1.54, 1.807) is 0 Å². The Kier molecular flexibility index (Phi) is 10.9. The van der Waals surface area contributed by atoms with Crippen molar-refractivity contribution in [3.63, 3.8) is 0 Å². The van der Waals surface area contributed by atoms with E-state index in [1.165, 1.54) is 98.8 Å². The summed E-state index contributed by atoms with van der Waals surface area (Å²) >= 11 is 0. The van der Waals surface area contributed by atoms with Crippen LogP contribution in [0.15, 0.2) is 309 Å². The SMILES string of the molecule is c1ccc(-n2c3ccccc3c3ccccc32)c(-c2ccc(-c3cc(-c4ccc(-c5ccccc5-n5c6ccccc6c6ccccc65)cc4)cc(-c4ccc(-c5ccccc5-n5c6ccccc6c6ccccc65)cc4)c3)cc2)c1. The van der Waals surface area contributed by atoms with Crippen LogP contribution in [0.5, 0.6) is 0 Å². The molecule has 0 bridgehead atoms. The molecular formula is C78H51N3.